The van der Waals surface area contributed by atoms with Crippen molar-refractivity contribution in [2.75, 3.05) is 44.7 Å². The first kappa shape index (κ1) is 19.4. The van der Waals surface area contributed by atoms with Gasteiger partial charge in [0.1, 0.15) is 6.07 Å². The Morgan fingerprint density at radius 1 is 1.28 bits per heavy atom. The van der Waals surface area contributed by atoms with E-state index in [9.17, 15) is 10.1 Å². The van der Waals surface area contributed by atoms with E-state index in [1.807, 2.05) is 4.90 Å². The molecule has 152 valence electrons. The van der Waals surface area contributed by atoms with Gasteiger partial charge in [-0.15, -0.1) is 0 Å². The Bertz CT molecular complexity index is 906. The zero-order chi connectivity index (χ0) is 20.3. The molecule has 2 aliphatic rings. The number of hydrogen-bond acceptors (Lipinski definition) is 6. The highest BCUT2D eigenvalue weighted by molar-refractivity contribution is 5.89. The van der Waals surface area contributed by atoms with Gasteiger partial charge in [-0.25, -0.2) is 14.5 Å². The van der Waals surface area contributed by atoms with Crippen LogP contribution in [-0.2, 0) is 4.74 Å². The number of nitrogens with one attached hydrogen (secondary N) is 1. The van der Waals surface area contributed by atoms with E-state index in [-0.39, 0.29) is 11.6 Å². The van der Waals surface area contributed by atoms with Crippen LogP contribution in [0.4, 0.5) is 10.5 Å². The van der Waals surface area contributed by atoms with E-state index in [0.717, 1.165) is 39.1 Å². The number of pyridine rings is 1. The van der Waals surface area contributed by atoms with Gasteiger partial charge in [0.15, 0.2) is 5.82 Å². The molecule has 0 aliphatic carbocycles. The summed E-state index contributed by atoms with van der Waals surface area (Å²) in [5, 5.41) is 16.4. The first-order chi connectivity index (χ1) is 14.1. The van der Waals surface area contributed by atoms with Gasteiger partial charge in [-0.3, -0.25) is 4.90 Å². The molecular weight excluding hydrogens is 370 g/mol. The van der Waals surface area contributed by atoms with Gasteiger partial charge >= 0.3 is 6.03 Å². The molecule has 2 aromatic heterocycles. The lowest BCUT2D eigenvalue weighted by Gasteiger charge is -2.48. The summed E-state index contributed by atoms with van der Waals surface area (Å²) in [5.74, 6) is 0.440. The number of morpholine rings is 1. The molecule has 0 atom stereocenters. The van der Waals surface area contributed by atoms with Gasteiger partial charge in [0.2, 0.25) is 0 Å². The van der Waals surface area contributed by atoms with E-state index in [1.165, 1.54) is 4.68 Å². The standard InChI is InChI=1S/C20H25N7O2/c1-20(26-9-11-29-12-10-26)4-7-25(8-5-20)19(28)24-17-14-23-27(15-17)18-16(13-21)3-2-6-22-18/h2-3,6,14-15H,4-5,7-12H2,1H3,(H,24,28). The molecule has 0 spiro atoms. The Hall–Kier alpha value is -2.96. The first-order valence-electron chi connectivity index (χ1n) is 9.88. The van der Waals surface area contributed by atoms with Crippen molar-refractivity contribution in [1.82, 2.24) is 24.6 Å². The number of carbonyl (C=O) groups is 1. The summed E-state index contributed by atoms with van der Waals surface area (Å²) in [6.07, 6.45) is 6.73. The Morgan fingerprint density at radius 3 is 2.76 bits per heavy atom. The predicted molar refractivity (Wildman–Crippen MR) is 107 cm³/mol. The van der Waals surface area contributed by atoms with Crippen LogP contribution in [0.25, 0.3) is 5.82 Å². The number of carbonyl (C=O) groups excluding carboxylic acids is 1. The number of urea groups is 1. The van der Waals surface area contributed by atoms with Crippen LogP contribution in [0.15, 0.2) is 30.7 Å². The summed E-state index contributed by atoms with van der Waals surface area (Å²) in [7, 11) is 0. The molecule has 9 heteroatoms. The number of rotatable bonds is 3. The van der Waals surface area contributed by atoms with Crippen LogP contribution in [0.1, 0.15) is 25.3 Å². The molecule has 0 aromatic carbocycles. The van der Waals surface area contributed by atoms with Crippen LogP contribution in [0.2, 0.25) is 0 Å². The van der Waals surface area contributed by atoms with Crippen molar-refractivity contribution in [3.63, 3.8) is 0 Å². The van der Waals surface area contributed by atoms with Crippen LogP contribution in [0.3, 0.4) is 0 Å². The molecule has 2 amide bonds. The lowest BCUT2D eigenvalue weighted by Crippen LogP contribution is -2.57. The number of anilines is 1. The molecule has 2 aromatic rings. The average Bonchev–Trinajstić information content (AvgIpc) is 3.23. The molecule has 0 unspecified atom stereocenters. The molecule has 29 heavy (non-hydrogen) atoms. The second-order valence-electron chi connectivity index (χ2n) is 7.67. The predicted octanol–water partition coefficient (Wildman–Crippen LogP) is 1.86. The fourth-order valence-electron chi connectivity index (χ4n) is 3.98. The lowest BCUT2D eigenvalue weighted by molar-refractivity contribution is -0.0352. The summed E-state index contributed by atoms with van der Waals surface area (Å²) < 4.78 is 6.96. The Kier molecular flexibility index (Phi) is 5.47. The number of piperidine rings is 1. The number of nitriles is 1. The van der Waals surface area contributed by atoms with E-state index in [4.69, 9.17) is 4.74 Å². The number of likely N-dealkylation sites (tertiary alicyclic amines) is 1. The molecule has 9 nitrogen and oxygen atoms in total. The Labute approximate surface area is 169 Å². The van der Waals surface area contributed by atoms with Crippen LogP contribution in [0.5, 0.6) is 0 Å². The summed E-state index contributed by atoms with van der Waals surface area (Å²) in [5.41, 5.74) is 1.12. The van der Waals surface area contributed by atoms with Gasteiger partial charge in [0.25, 0.3) is 0 Å². The highest BCUT2D eigenvalue weighted by Gasteiger charge is 2.37. The molecule has 2 saturated heterocycles. The molecule has 4 rings (SSSR count). The van der Waals surface area contributed by atoms with Gasteiger partial charge in [0.05, 0.1) is 36.9 Å². The molecule has 4 heterocycles. The molecule has 0 bridgehead atoms. The van der Waals surface area contributed by atoms with Gasteiger partial charge in [-0.1, -0.05) is 0 Å². The fourth-order valence-corrected chi connectivity index (χ4v) is 3.98. The second-order valence-corrected chi connectivity index (χ2v) is 7.67. The molecule has 2 aliphatic heterocycles. The van der Waals surface area contributed by atoms with E-state index < -0.39 is 0 Å². The quantitative estimate of drug-likeness (QED) is 0.852. The van der Waals surface area contributed by atoms with Crippen molar-refractivity contribution in [2.45, 2.75) is 25.3 Å². The lowest BCUT2D eigenvalue weighted by atomic mass is 9.87. The zero-order valence-corrected chi connectivity index (χ0v) is 16.5. The zero-order valence-electron chi connectivity index (χ0n) is 16.5. The number of hydrogen-bond donors (Lipinski definition) is 1. The third-order valence-corrected chi connectivity index (χ3v) is 5.86. The maximum atomic E-state index is 12.7. The molecule has 0 radical (unpaired) electrons. The monoisotopic (exact) mass is 395 g/mol. The largest absolute Gasteiger partial charge is 0.379 e. The van der Waals surface area contributed by atoms with Crippen LogP contribution < -0.4 is 5.32 Å². The van der Waals surface area contributed by atoms with Crippen LogP contribution in [0, 0.1) is 11.3 Å². The highest BCUT2D eigenvalue weighted by Crippen LogP contribution is 2.29. The van der Waals surface area contributed by atoms with Gasteiger partial charge < -0.3 is 15.0 Å². The van der Waals surface area contributed by atoms with Crippen LogP contribution >= 0.6 is 0 Å². The van der Waals surface area contributed by atoms with E-state index in [0.29, 0.717) is 30.2 Å². The number of nitrogens with zero attached hydrogens (tertiary/aromatic N) is 6. The summed E-state index contributed by atoms with van der Waals surface area (Å²) in [6, 6.07) is 5.36. The SMILES string of the molecule is CC1(N2CCOCC2)CCN(C(=O)Nc2cnn(-c3ncccc3C#N)c2)CC1. The molecule has 1 N–H and O–H groups in total. The normalized spacial score (nSPS) is 19.5. The maximum absolute atomic E-state index is 12.7. The van der Waals surface area contributed by atoms with Gasteiger partial charge in [-0.2, -0.15) is 10.4 Å². The Balaban J connectivity index is 1.36. The second kappa shape index (κ2) is 8.19. The van der Waals surface area contributed by atoms with E-state index >= 15 is 0 Å². The van der Waals surface area contributed by atoms with Crippen molar-refractivity contribution < 1.29 is 9.53 Å². The highest BCUT2D eigenvalue weighted by atomic mass is 16.5. The number of amides is 2. The summed E-state index contributed by atoms with van der Waals surface area (Å²) in [4.78, 5) is 21.2. The number of aromatic nitrogens is 3. The van der Waals surface area contributed by atoms with Crippen molar-refractivity contribution in [1.29, 1.82) is 5.26 Å². The maximum Gasteiger partial charge on any atom is 0.321 e. The average molecular weight is 395 g/mol. The first-order valence-corrected chi connectivity index (χ1v) is 9.88. The van der Waals surface area contributed by atoms with Crippen molar-refractivity contribution in [3.8, 4) is 11.9 Å². The third kappa shape index (κ3) is 4.09. The molecule has 2 fully saturated rings. The minimum Gasteiger partial charge on any atom is -0.379 e. The van der Waals surface area contributed by atoms with Crippen molar-refractivity contribution >= 4 is 11.7 Å². The fraction of sp³-hybridized carbons (Fsp3) is 0.500. The van der Waals surface area contributed by atoms with Crippen molar-refractivity contribution in [3.05, 3.63) is 36.3 Å². The molecule has 0 saturated carbocycles. The minimum absolute atomic E-state index is 0.123. The van der Waals surface area contributed by atoms with E-state index in [1.54, 1.807) is 30.7 Å². The summed E-state index contributed by atoms with van der Waals surface area (Å²) >= 11 is 0. The van der Waals surface area contributed by atoms with Gasteiger partial charge in [-0.05, 0) is 31.9 Å². The van der Waals surface area contributed by atoms with Gasteiger partial charge in [0, 0.05) is 37.9 Å². The van der Waals surface area contributed by atoms with Crippen molar-refractivity contribution in [2.24, 2.45) is 0 Å². The third-order valence-electron chi connectivity index (χ3n) is 5.86. The summed E-state index contributed by atoms with van der Waals surface area (Å²) in [6.45, 7) is 7.21. The topological polar surface area (TPSA) is 99.3 Å². The Morgan fingerprint density at radius 2 is 2.03 bits per heavy atom. The number of ether oxygens (including phenoxy) is 1. The molecular formula is C20H25N7O2. The van der Waals surface area contributed by atoms with Crippen LogP contribution in [-0.4, -0.2) is 75.5 Å². The smallest absolute Gasteiger partial charge is 0.321 e. The minimum atomic E-state index is -0.130. The van der Waals surface area contributed by atoms with E-state index in [2.05, 4.69) is 33.3 Å².